The molecule has 1 atom stereocenters. The molecule has 0 bridgehead atoms. The van der Waals surface area contributed by atoms with Crippen LogP contribution in [0.15, 0.2) is 48.5 Å². The van der Waals surface area contributed by atoms with Gasteiger partial charge < -0.3 is 0 Å². The van der Waals surface area contributed by atoms with E-state index >= 15 is 0 Å². The van der Waals surface area contributed by atoms with Crippen molar-refractivity contribution in [2.24, 2.45) is 11.8 Å². The van der Waals surface area contributed by atoms with Crippen LogP contribution in [-0.2, 0) is 6.42 Å². The Kier molecular flexibility index (Phi) is 8.19. The average Bonchev–Trinajstić information content (AvgIpc) is 2.77. The maximum Gasteiger partial charge on any atom is -0.0162 e. The molecule has 2 aromatic carbocycles. The largest absolute Gasteiger partial charge is 0.0654 e. The summed E-state index contributed by atoms with van der Waals surface area (Å²) >= 11 is 0. The maximum absolute atomic E-state index is 2.39. The van der Waals surface area contributed by atoms with E-state index in [1.54, 1.807) is 5.56 Å². The second-order valence-corrected chi connectivity index (χ2v) is 9.07. The van der Waals surface area contributed by atoms with Gasteiger partial charge in [0.1, 0.15) is 0 Å². The minimum atomic E-state index is 0.785. The first-order valence-electron chi connectivity index (χ1n) is 11.9. The quantitative estimate of drug-likeness (QED) is 0.410. The van der Waals surface area contributed by atoms with Gasteiger partial charge in [-0.25, -0.2) is 0 Å². The molecule has 1 aliphatic rings. The van der Waals surface area contributed by atoms with E-state index in [1.165, 1.54) is 80.9 Å². The lowest BCUT2D eigenvalue weighted by molar-refractivity contribution is 0.319. The van der Waals surface area contributed by atoms with Crippen LogP contribution in [0, 0.1) is 11.8 Å². The van der Waals surface area contributed by atoms with Crippen molar-refractivity contribution in [3.8, 4) is 11.1 Å². The Hall–Kier alpha value is -1.56. The van der Waals surface area contributed by atoms with Gasteiger partial charge in [-0.1, -0.05) is 101 Å². The van der Waals surface area contributed by atoms with E-state index in [0.29, 0.717) is 0 Å². The minimum absolute atomic E-state index is 0.785. The number of hydrogen-bond donors (Lipinski definition) is 0. The lowest BCUT2D eigenvalue weighted by Crippen LogP contribution is -2.12. The van der Waals surface area contributed by atoms with E-state index in [-0.39, 0.29) is 0 Å². The van der Waals surface area contributed by atoms with Crippen molar-refractivity contribution >= 4 is 0 Å². The summed E-state index contributed by atoms with van der Waals surface area (Å²) in [6.45, 7) is 6.98. The molecule has 0 N–H and O–H groups in total. The van der Waals surface area contributed by atoms with Crippen molar-refractivity contribution in [3.05, 3.63) is 59.7 Å². The first kappa shape index (κ1) is 21.2. The third-order valence-electron chi connectivity index (χ3n) is 7.16. The van der Waals surface area contributed by atoms with E-state index in [9.17, 15) is 0 Å². The van der Waals surface area contributed by atoms with Crippen LogP contribution in [0.4, 0.5) is 0 Å². The van der Waals surface area contributed by atoms with Crippen molar-refractivity contribution in [2.45, 2.75) is 90.9 Å². The molecule has 1 aliphatic carbocycles. The second kappa shape index (κ2) is 10.8. The van der Waals surface area contributed by atoms with Gasteiger partial charge in [0.15, 0.2) is 0 Å². The normalized spacial score (nSPS) is 20.8. The molecule has 152 valence electrons. The summed E-state index contributed by atoms with van der Waals surface area (Å²) < 4.78 is 0. The number of rotatable bonds is 9. The van der Waals surface area contributed by atoms with E-state index in [4.69, 9.17) is 0 Å². The van der Waals surface area contributed by atoms with Crippen molar-refractivity contribution < 1.29 is 0 Å². The standard InChI is InChI=1S/C28H40/c1-4-7-8-23(6-3)21-24-11-15-26(16-12-24)28-19-17-27(18-20-28)25-13-9-22(5-2)10-14-25/h11-12,15-20,22-23,25H,4-10,13-14,21H2,1-3H3. The number of unbranched alkanes of at least 4 members (excludes halogenated alkanes) is 1. The highest BCUT2D eigenvalue weighted by atomic mass is 14.3. The highest BCUT2D eigenvalue weighted by Crippen LogP contribution is 2.37. The first-order chi connectivity index (χ1) is 13.7. The van der Waals surface area contributed by atoms with Crippen LogP contribution < -0.4 is 0 Å². The smallest absolute Gasteiger partial charge is 0.0162 e. The van der Waals surface area contributed by atoms with Gasteiger partial charge in [0, 0.05) is 0 Å². The molecule has 0 radical (unpaired) electrons. The highest BCUT2D eigenvalue weighted by Gasteiger charge is 2.21. The van der Waals surface area contributed by atoms with Gasteiger partial charge in [0.2, 0.25) is 0 Å². The molecule has 0 spiro atoms. The fourth-order valence-electron chi connectivity index (χ4n) is 4.96. The van der Waals surface area contributed by atoms with Gasteiger partial charge >= 0.3 is 0 Å². The van der Waals surface area contributed by atoms with Crippen LogP contribution >= 0.6 is 0 Å². The van der Waals surface area contributed by atoms with Crippen LogP contribution in [0.25, 0.3) is 11.1 Å². The monoisotopic (exact) mass is 376 g/mol. The van der Waals surface area contributed by atoms with Gasteiger partial charge in [0.05, 0.1) is 0 Å². The second-order valence-electron chi connectivity index (χ2n) is 9.07. The Morgan fingerprint density at radius 2 is 1.39 bits per heavy atom. The zero-order valence-electron chi connectivity index (χ0n) is 18.4. The van der Waals surface area contributed by atoms with Crippen LogP contribution in [-0.4, -0.2) is 0 Å². The molecule has 28 heavy (non-hydrogen) atoms. The fraction of sp³-hybridized carbons (Fsp3) is 0.571. The van der Waals surface area contributed by atoms with E-state index in [1.807, 2.05) is 0 Å². The molecule has 2 aromatic rings. The molecule has 0 amide bonds. The molecule has 1 unspecified atom stereocenters. The highest BCUT2D eigenvalue weighted by molar-refractivity contribution is 5.64. The molecule has 0 nitrogen and oxygen atoms in total. The van der Waals surface area contributed by atoms with Crippen LogP contribution in [0.1, 0.15) is 95.6 Å². The molecule has 0 saturated heterocycles. The number of benzene rings is 2. The lowest BCUT2D eigenvalue weighted by Gasteiger charge is -2.28. The Labute approximate surface area is 173 Å². The Bertz CT molecular complexity index is 671. The summed E-state index contributed by atoms with van der Waals surface area (Å²) in [6.07, 6.45) is 13.5. The first-order valence-corrected chi connectivity index (χ1v) is 11.9. The van der Waals surface area contributed by atoms with Gasteiger partial charge in [-0.05, 0) is 72.1 Å². The van der Waals surface area contributed by atoms with Crippen LogP contribution in [0.2, 0.25) is 0 Å². The zero-order valence-corrected chi connectivity index (χ0v) is 18.4. The van der Waals surface area contributed by atoms with Gasteiger partial charge in [-0.15, -0.1) is 0 Å². The van der Waals surface area contributed by atoms with E-state index in [0.717, 1.165) is 17.8 Å². The third-order valence-corrected chi connectivity index (χ3v) is 7.16. The topological polar surface area (TPSA) is 0 Å². The Balaban J connectivity index is 1.59. The Morgan fingerprint density at radius 3 is 1.93 bits per heavy atom. The van der Waals surface area contributed by atoms with E-state index < -0.39 is 0 Å². The molecule has 0 heterocycles. The number of hydrogen-bond acceptors (Lipinski definition) is 0. The minimum Gasteiger partial charge on any atom is -0.0654 e. The molecule has 1 fully saturated rings. The summed E-state index contributed by atoms with van der Waals surface area (Å²) in [6, 6.07) is 18.8. The summed E-state index contributed by atoms with van der Waals surface area (Å²) in [5, 5.41) is 0. The summed E-state index contributed by atoms with van der Waals surface area (Å²) in [7, 11) is 0. The van der Waals surface area contributed by atoms with Crippen LogP contribution in [0.3, 0.4) is 0 Å². The average molecular weight is 377 g/mol. The molecule has 1 saturated carbocycles. The molecular formula is C28H40. The summed E-state index contributed by atoms with van der Waals surface area (Å²) in [5.41, 5.74) is 5.76. The Morgan fingerprint density at radius 1 is 0.786 bits per heavy atom. The maximum atomic E-state index is 2.39. The third kappa shape index (κ3) is 5.72. The SMILES string of the molecule is CCCCC(CC)Cc1ccc(-c2ccc(C3CCC(CC)CC3)cc2)cc1. The van der Waals surface area contributed by atoms with Crippen molar-refractivity contribution in [3.63, 3.8) is 0 Å². The van der Waals surface area contributed by atoms with Crippen molar-refractivity contribution in [1.82, 2.24) is 0 Å². The molecule has 0 heteroatoms. The summed E-state index contributed by atoms with van der Waals surface area (Å²) in [4.78, 5) is 0. The van der Waals surface area contributed by atoms with E-state index in [2.05, 4.69) is 69.3 Å². The zero-order chi connectivity index (χ0) is 19.8. The van der Waals surface area contributed by atoms with Gasteiger partial charge in [0.25, 0.3) is 0 Å². The lowest BCUT2D eigenvalue weighted by atomic mass is 9.77. The van der Waals surface area contributed by atoms with Gasteiger partial charge in [-0.2, -0.15) is 0 Å². The fourth-order valence-corrected chi connectivity index (χ4v) is 4.96. The molecule has 0 aromatic heterocycles. The predicted octanol–water partition coefficient (Wildman–Crippen LogP) is 8.80. The molecule has 3 rings (SSSR count). The van der Waals surface area contributed by atoms with Crippen molar-refractivity contribution in [2.75, 3.05) is 0 Å². The van der Waals surface area contributed by atoms with Crippen LogP contribution in [0.5, 0.6) is 0 Å². The molecular weight excluding hydrogens is 336 g/mol. The van der Waals surface area contributed by atoms with Crippen molar-refractivity contribution in [1.29, 1.82) is 0 Å². The predicted molar refractivity (Wildman–Crippen MR) is 124 cm³/mol. The summed E-state index contributed by atoms with van der Waals surface area (Å²) in [5.74, 6) is 2.60. The molecule has 0 aliphatic heterocycles. The van der Waals surface area contributed by atoms with Gasteiger partial charge in [-0.3, -0.25) is 0 Å².